The Bertz CT molecular complexity index is 1210. The number of benzene rings is 2. The average Bonchev–Trinajstić information content (AvgIpc) is 3.15. The lowest BCUT2D eigenvalue weighted by Crippen LogP contribution is -2.49. The molecule has 2 N–H and O–H groups in total. The summed E-state index contributed by atoms with van der Waals surface area (Å²) in [7, 11) is 2.16. The maximum absolute atomic E-state index is 13.6. The molecule has 182 valence electrons. The summed E-state index contributed by atoms with van der Waals surface area (Å²) in [5, 5.41) is 7.13. The van der Waals surface area contributed by atoms with E-state index in [1.807, 2.05) is 31.2 Å². The fraction of sp³-hybridized carbons (Fsp3) is 0.333. The van der Waals surface area contributed by atoms with Crippen LogP contribution in [-0.2, 0) is 16.9 Å². The predicted molar refractivity (Wildman–Crippen MR) is 139 cm³/mol. The first kappa shape index (κ1) is 23.6. The second-order valence-electron chi connectivity index (χ2n) is 8.99. The molecule has 3 heterocycles. The van der Waals surface area contributed by atoms with E-state index in [2.05, 4.69) is 56.7 Å². The molecule has 7 nitrogen and oxygen atoms in total. The van der Waals surface area contributed by atoms with Crippen molar-refractivity contribution < 1.29 is 9.53 Å². The van der Waals surface area contributed by atoms with Crippen molar-refractivity contribution in [3.05, 3.63) is 82.5 Å². The lowest BCUT2D eigenvalue weighted by atomic mass is 9.84. The molecule has 0 radical (unpaired) electrons. The zero-order valence-corrected chi connectivity index (χ0v) is 20.8. The fourth-order valence-electron chi connectivity index (χ4n) is 4.86. The van der Waals surface area contributed by atoms with Gasteiger partial charge in [-0.05, 0) is 62.0 Å². The van der Waals surface area contributed by atoms with Crippen LogP contribution in [0.3, 0.4) is 0 Å². The van der Waals surface area contributed by atoms with Crippen molar-refractivity contribution in [2.75, 3.05) is 50.1 Å². The number of pyridine rings is 1. The molecule has 2 aliphatic rings. The third kappa shape index (κ3) is 4.47. The Hall–Kier alpha value is -3.13. The molecule has 35 heavy (non-hydrogen) atoms. The van der Waals surface area contributed by atoms with Gasteiger partial charge in [0.1, 0.15) is 0 Å². The number of hydrogen-bond donors (Lipinski definition) is 2. The summed E-state index contributed by atoms with van der Waals surface area (Å²) in [5.74, 6) is 0.244. The van der Waals surface area contributed by atoms with Crippen molar-refractivity contribution in [2.24, 2.45) is 0 Å². The molecule has 1 fully saturated rings. The number of aromatic nitrogens is 1. The van der Waals surface area contributed by atoms with E-state index in [-0.39, 0.29) is 5.91 Å². The summed E-state index contributed by atoms with van der Waals surface area (Å²) in [6.07, 6.45) is 1.67. The van der Waals surface area contributed by atoms with E-state index in [0.717, 1.165) is 43.0 Å². The van der Waals surface area contributed by atoms with E-state index in [4.69, 9.17) is 16.3 Å². The zero-order chi connectivity index (χ0) is 24.4. The van der Waals surface area contributed by atoms with Crippen molar-refractivity contribution in [2.45, 2.75) is 19.0 Å². The topological polar surface area (TPSA) is 69.7 Å². The summed E-state index contributed by atoms with van der Waals surface area (Å²) >= 11 is 6.38. The molecule has 1 saturated heterocycles. The van der Waals surface area contributed by atoms with Gasteiger partial charge in [0.2, 0.25) is 5.88 Å². The van der Waals surface area contributed by atoms with Gasteiger partial charge in [-0.25, -0.2) is 4.98 Å². The highest BCUT2D eigenvalue weighted by Gasteiger charge is 2.50. The molecule has 1 unspecified atom stereocenters. The zero-order valence-electron chi connectivity index (χ0n) is 20.1. The molecule has 0 aliphatic carbocycles. The third-order valence-corrected chi connectivity index (χ3v) is 7.03. The maximum Gasteiger partial charge on any atom is 0.254 e. The molecule has 1 amide bonds. The van der Waals surface area contributed by atoms with E-state index >= 15 is 0 Å². The minimum atomic E-state index is -1.19. The highest BCUT2D eigenvalue weighted by Crippen LogP contribution is 2.44. The summed E-state index contributed by atoms with van der Waals surface area (Å²) in [4.78, 5) is 22.8. The van der Waals surface area contributed by atoms with Crippen LogP contribution in [0, 0.1) is 0 Å². The minimum absolute atomic E-state index is 0.183. The Balaban J connectivity index is 1.47. The molecule has 8 heteroatoms. The Morgan fingerprint density at radius 2 is 1.86 bits per heavy atom. The molecule has 0 saturated carbocycles. The number of anilines is 2. The minimum Gasteiger partial charge on any atom is -0.478 e. The van der Waals surface area contributed by atoms with E-state index in [1.54, 1.807) is 12.3 Å². The number of carbonyl (C=O) groups is 1. The highest BCUT2D eigenvalue weighted by atomic mass is 35.5. The van der Waals surface area contributed by atoms with Gasteiger partial charge in [0, 0.05) is 66.4 Å². The molecule has 2 aliphatic heterocycles. The quantitative estimate of drug-likeness (QED) is 0.523. The number of amides is 1. The van der Waals surface area contributed by atoms with Crippen molar-refractivity contribution in [3.8, 4) is 5.88 Å². The number of likely N-dealkylation sites (N-methyl/N-ethyl adjacent to an activating group) is 1. The number of fused-ring (bicyclic) bond motifs is 1. The summed E-state index contributed by atoms with van der Waals surface area (Å²) < 4.78 is 5.84. The molecule has 5 rings (SSSR count). The number of hydrogen-bond acceptors (Lipinski definition) is 6. The van der Waals surface area contributed by atoms with Crippen molar-refractivity contribution in [1.82, 2.24) is 15.2 Å². The second-order valence-corrected chi connectivity index (χ2v) is 9.43. The van der Waals surface area contributed by atoms with Crippen LogP contribution in [0.4, 0.5) is 11.4 Å². The van der Waals surface area contributed by atoms with Crippen LogP contribution in [0.2, 0.25) is 5.02 Å². The molecular weight excluding hydrogens is 462 g/mol. The fourth-order valence-corrected chi connectivity index (χ4v) is 5.04. The van der Waals surface area contributed by atoms with Crippen LogP contribution >= 0.6 is 11.6 Å². The van der Waals surface area contributed by atoms with Gasteiger partial charge in [0.15, 0.2) is 5.54 Å². The summed E-state index contributed by atoms with van der Waals surface area (Å²) in [5.41, 5.74) is 3.26. The van der Waals surface area contributed by atoms with Gasteiger partial charge in [-0.2, -0.15) is 0 Å². The Morgan fingerprint density at radius 3 is 2.60 bits per heavy atom. The largest absolute Gasteiger partial charge is 0.478 e. The van der Waals surface area contributed by atoms with Crippen LogP contribution in [0.25, 0.3) is 0 Å². The van der Waals surface area contributed by atoms with E-state index < -0.39 is 5.54 Å². The highest BCUT2D eigenvalue weighted by molar-refractivity contribution is 6.31. The first-order chi connectivity index (χ1) is 17.0. The first-order valence-electron chi connectivity index (χ1n) is 12.0. The SMILES string of the molecule is CCOc1ncccc1C1(NCc2ccc(N3CCN(C)CC3)cc2)C(=O)Nc2ccc(Cl)cc21. The van der Waals surface area contributed by atoms with Crippen molar-refractivity contribution >= 4 is 28.9 Å². The molecule has 2 aromatic carbocycles. The van der Waals surface area contributed by atoms with Crippen LogP contribution in [0.15, 0.2) is 60.8 Å². The number of ether oxygens (including phenoxy) is 1. The lowest BCUT2D eigenvalue weighted by molar-refractivity contribution is -0.120. The molecular formula is C27H30ClN5O2. The van der Waals surface area contributed by atoms with Gasteiger partial charge in [-0.15, -0.1) is 0 Å². The third-order valence-electron chi connectivity index (χ3n) is 6.79. The van der Waals surface area contributed by atoms with Gasteiger partial charge in [-0.3, -0.25) is 10.1 Å². The number of nitrogens with zero attached hydrogens (tertiary/aromatic N) is 3. The molecule has 0 spiro atoms. The standard InChI is InChI=1S/C27H30ClN5O2/c1-3-35-25-22(5-4-12-29-25)27(23-17-20(28)8-11-24(23)31-26(27)34)30-18-19-6-9-21(10-7-19)33-15-13-32(2)14-16-33/h4-12,17,30H,3,13-16,18H2,1-2H3,(H,31,34). The molecule has 1 aromatic heterocycles. The monoisotopic (exact) mass is 491 g/mol. The number of nitrogens with one attached hydrogen (secondary N) is 2. The number of halogens is 1. The van der Waals surface area contributed by atoms with Gasteiger partial charge in [0.25, 0.3) is 5.91 Å². The van der Waals surface area contributed by atoms with Crippen LogP contribution in [0.1, 0.15) is 23.6 Å². The second kappa shape index (κ2) is 9.85. The van der Waals surface area contributed by atoms with E-state index in [9.17, 15) is 4.79 Å². The Labute approximate surface area is 211 Å². The van der Waals surface area contributed by atoms with Gasteiger partial charge >= 0.3 is 0 Å². The van der Waals surface area contributed by atoms with Crippen LogP contribution in [-0.4, -0.2) is 55.6 Å². The number of piperazine rings is 1. The van der Waals surface area contributed by atoms with Crippen LogP contribution in [0.5, 0.6) is 5.88 Å². The Morgan fingerprint density at radius 1 is 1.09 bits per heavy atom. The number of rotatable bonds is 7. The summed E-state index contributed by atoms with van der Waals surface area (Å²) in [6, 6.07) is 17.7. The summed E-state index contributed by atoms with van der Waals surface area (Å²) in [6.45, 7) is 7.00. The van der Waals surface area contributed by atoms with Gasteiger partial charge in [0.05, 0.1) is 6.61 Å². The van der Waals surface area contributed by atoms with E-state index in [1.165, 1.54) is 5.69 Å². The first-order valence-corrected chi connectivity index (χ1v) is 12.4. The van der Waals surface area contributed by atoms with E-state index in [0.29, 0.717) is 29.6 Å². The van der Waals surface area contributed by atoms with Crippen molar-refractivity contribution in [1.29, 1.82) is 0 Å². The van der Waals surface area contributed by atoms with Crippen molar-refractivity contribution in [3.63, 3.8) is 0 Å². The smallest absolute Gasteiger partial charge is 0.254 e. The average molecular weight is 492 g/mol. The normalized spacial score (nSPS) is 20.0. The molecule has 3 aromatic rings. The lowest BCUT2D eigenvalue weighted by Gasteiger charge is -2.34. The van der Waals surface area contributed by atoms with Crippen LogP contribution < -0.4 is 20.3 Å². The molecule has 0 bridgehead atoms. The molecule has 1 atom stereocenters. The Kier molecular flexibility index (Phi) is 6.65. The number of carbonyl (C=O) groups excluding carboxylic acids is 1. The maximum atomic E-state index is 13.6. The van der Waals surface area contributed by atoms with Gasteiger partial charge in [-0.1, -0.05) is 23.7 Å². The predicted octanol–water partition coefficient (Wildman–Crippen LogP) is 3.87. The van der Waals surface area contributed by atoms with Gasteiger partial charge < -0.3 is 19.9 Å².